The van der Waals surface area contributed by atoms with Gasteiger partial charge in [0.15, 0.2) is 0 Å². The maximum absolute atomic E-state index is 10.4. The van der Waals surface area contributed by atoms with E-state index in [4.69, 9.17) is 10.2 Å². The van der Waals surface area contributed by atoms with Crippen molar-refractivity contribution < 1.29 is 14.4 Å². The molecule has 0 saturated heterocycles. The van der Waals surface area contributed by atoms with Crippen LogP contribution in [-0.4, -0.2) is 16.4 Å². The molecule has 1 rings (SSSR count). The summed E-state index contributed by atoms with van der Waals surface area (Å²) in [6.45, 7) is 3.45. The zero-order chi connectivity index (χ0) is 10.7. The van der Waals surface area contributed by atoms with Gasteiger partial charge in [-0.25, -0.2) is 10.2 Å². The Bertz CT molecular complexity index is 323. The number of amides is 2. The van der Waals surface area contributed by atoms with E-state index in [0.717, 1.165) is 5.76 Å². The van der Waals surface area contributed by atoms with Gasteiger partial charge in [-0.15, -0.1) is 0 Å². The van der Waals surface area contributed by atoms with Crippen LogP contribution in [0, 0.1) is 6.92 Å². The lowest BCUT2D eigenvalue weighted by Crippen LogP contribution is -2.44. The van der Waals surface area contributed by atoms with Crippen LogP contribution in [0.25, 0.3) is 0 Å². The normalized spacial score (nSPS) is 12.9. The van der Waals surface area contributed by atoms with E-state index in [9.17, 15) is 10.0 Å². The van der Waals surface area contributed by atoms with E-state index in [1.54, 1.807) is 26.0 Å². The topological polar surface area (TPSA) is 91.7 Å². The maximum Gasteiger partial charge on any atom is 0.328 e. The van der Waals surface area contributed by atoms with Gasteiger partial charge >= 0.3 is 6.03 Å². The molecule has 0 aliphatic heterocycles. The summed E-state index contributed by atoms with van der Waals surface area (Å²) in [7, 11) is 0. The summed E-state index contributed by atoms with van der Waals surface area (Å²) in [6.07, 6.45) is 0. The van der Waals surface area contributed by atoms with E-state index in [1.807, 2.05) is 5.43 Å². The number of nitrogens with two attached hydrogens (primary N) is 1. The van der Waals surface area contributed by atoms with Crippen LogP contribution in [0.4, 0.5) is 4.79 Å². The number of rotatable bonds is 3. The fourth-order valence-electron chi connectivity index (χ4n) is 1.01. The summed E-state index contributed by atoms with van der Waals surface area (Å²) >= 11 is 0. The predicted octanol–water partition coefficient (Wildman–Crippen LogP) is 0.924. The summed E-state index contributed by atoms with van der Waals surface area (Å²) in [4.78, 5) is 10.4. The van der Waals surface area contributed by atoms with Gasteiger partial charge in [0.25, 0.3) is 0 Å². The Kier molecular flexibility index (Phi) is 3.10. The van der Waals surface area contributed by atoms with E-state index in [-0.39, 0.29) is 0 Å². The lowest BCUT2D eigenvalue weighted by Gasteiger charge is -2.19. The number of urea groups is 1. The SMILES string of the molecule is Cc1ccc(C(C)N(O)NC(N)=O)o1. The molecule has 4 N–H and O–H groups in total. The highest BCUT2D eigenvalue weighted by Gasteiger charge is 2.17. The molecule has 1 atom stereocenters. The fourth-order valence-corrected chi connectivity index (χ4v) is 1.01. The van der Waals surface area contributed by atoms with Crippen LogP contribution in [0.1, 0.15) is 24.5 Å². The van der Waals surface area contributed by atoms with Crippen molar-refractivity contribution in [3.05, 3.63) is 23.7 Å². The van der Waals surface area contributed by atoms with E-state index in [0.29, 0.717) is 10.9 Å². The monoisotopic (exact) mass is 199 g/mol. The maximum atomic E-state index is 10.4. The summed E-state index contributed by atoms with van der Waals surface area (Å²) in [5, 5.41) is 9.91. The van der Waals surface area contributed by atoms with Crippen molar-refractivity contribution in [2.24, 2.45) is 5.73 Å². The van der Waals surface area contributed by atoms with Crippen molar-refractivity contribution in [1.82, 2.24) is 10.6 Å². The molecule has 14 heavy (non-hydrogen) atoms. The molecular formula is C8H13N3O3. The zero-order valence-corrected chi connectivity index (χ0v) is 8.02. The Balaban J connectivity index is 2.65. The summed E-state index contributed by atoms with van der Waals surface area (Å²) in [6, 6.07) is 2.16. The van der Waals surface area contributed by atoms with Crippen molar-refractivity contribution >= 4 is 6.03 Å². The number of nitrogens with zero attached hydrogens (tertiary/aromatic N) is 1. The highest BCUT2D eigenvalue weighted by molar-refractivity contribution is 5.70. The smallest absolute Gasteiger partial charge is 0.328 e. The van der Waals surface area contributed by atoms with Gasteiger partial charge in [0.05, 0.1) is 0 Å². The number of hydrogen-bond donors (Lipinski definition) is 3. The van der Waals surface area contributed by atoms with Crippen LogP contribution < -0.4 is 11.2 Å². The minimum Gasteiger partial charge on any atom is -0.465 e. The quantitative estimate of drug-likeness (QED) is 0.631. The standard InChI is InChI=1S/C8H13N3O3/c1-5-3-4-7(14-5)6(2)11(13)10-8(9)12/h3-4,6,13H,1-2H3,(H3,9,10,12). The highest BCUT2D eigenvalue weighted by Crippen LogP contribution is 2.18. The van der Waals surface area contributed by atoms with Crippen molar-refractivity contribution in [3.63, 3.8) is 0 Å². The van der Waals surface area contributed by atoms with E-state index >= 15 is 0 Å². The third-order valence-corrected chi connectivity index (χ3v) is 1.76. The zero-order valence-electron chi connectivity index (χ0n) is 8.02. The first-order valence-electron chi connectivity index (χ1n) is 4.11. The Hall–Kier alpha value is -1.53. The van der Waals surface area contributed by atoms with Crippen LogP contribution in [0.2, 0.25) is 0 Å². The van der Waals surface area contributed by atoms with Crippen LogP contribution >= 0.6 is 0 Å². The summed E-state index contributed by atoms with van der Waals surface area (Å²) in [5.74, 6) is 1.28. The number of carbonyl (C=O) groups is 1. The molecular weight excluding hydrogens is 186 g/mol. The second kappa shape index (κ2) is 4.12. The lowest BCUT2D eigenvalue weighted by molar-refractivity contribution is -0.158. The molecule has 1 aromatic rings. The second-order valence-electron chi connectivity index (χ2n) is 2.95. The Morgan fingerprint density at radius 2 is 2.36 bits per heavy atom. The number of hydrogen-bond acceptors (Lipinski definition) is 4. The molecule has 78 valence electrons. The Labute approximate surface area is 81.2 Å². The number of aryl methyl sites for hydroxylation is 1. The lowest BCUT2D eigenvalue weighted by atomic mass is 10.3. The third-order valence-electron chi connectivity index (χ3n) is 1.76. The van der Waals surface area contributed by atoms with E-state index in [1.165, 1.54) is 0 Å². The molecule has 1 heterocycles. The van der Waals surface area contributed by atoms with Gasteiger partial charge in [-0.2, -0.15) is 0 Å². The molecule has 0 aromatic carbocycles. The van der Waals surface area contributed by atoms with Crippen LogP contribution in [-0.2, 0) is 0 Å². The predicted molar refractivity (Wildman–Crippen MR) is 48.2 cm³/mol. The average molecular weight is 199 g/mol. The van der Waals surface area contributed by atoms with Gasteiger partial charge < -0.3 is 10.2 Å². The first-order chi connectivity index (χ1) is 6.50. The molecule has 0 fully saturated rings. The summed E-state index contributed by atoms with van der Waals surface area (Å²) < 4.78 is 5.25. The van der Waals surface area contributed by atoms with Gasteiger partial charge in [0.1, 0.15) is 17.6 Å². The highest BCUT2D eigenvalue weighted by atomic mass is 16.5. The Morgan fingerprint density at radius 1 is 1.71 bits per heavy atom. The van der Waals surface area contributed by atoms with Gasteiger partial charge in [-0.05, 0) is 26.0 Å². The number of hydrazine groups is 1. The number of hydroxylamine groups is 1. The minimum atomic E-state index is -0.831. The molecule has 0 aliphatic carbocycles. The number of primary amides is 1. The van der Waals surface area contributed by atoms with Crippen LogP contribution in [0.15, 0.2) is 16.5 Å². The van der Waals surface area contributed by atoms with E-state index in [2.05, 4.69) is 0 Å². The van der Waals surface area contributed by atoms with Crippen molar-refractivity contribution in [2.75, 3.05) is 0 Å². The molecule has 0 bridgehead atoms. The first-order valence-corrected chi connectivity index (χ1v) is 4.11. The molecule has 0 saturated carbocycles. The summed E-state index contributed by atoms with van der Waals surface area (Å²) in [5.41, 5.74) is 6.85. The first kappa shape index (κ1) is 10.6. The van der Waals surface area contributed by atoms with Gasteiger partial charge in [-0.1, -0.05) is 5.17 Å². The average Bonchev–Trinajstić information content (AvgIpc) is 2.49. The van der Waals surface area contributed by atoms with E-state index < -0.39 is 12.1 Å². The molecule has 0 spiro atoms. The largest absolute Gasteiger partial charge is 0.465 e. The van der Waals surface area contributed by atoms with Crippen LogP contribution in [0.5, 0.6) is 0 Å². The fraction of sp³-hybridized carbons (Fsp3) is 0.375. The van der Waals surface area contributed by atoms with Crippen LogP contribution in [0.3, 0.4) is 0 Å². The molecule has 6 nitrogen and oxygen atoms in total. The number of nitrogens with one attached hydrogen (secondary N) is 1. The number of carbonyl (C=O) groups excluding carboxylic acids is 1. The molecule has 2 amide bonds. The van der Waals surface area contributed by atoms with Gasteiger partial charge in [-0.3, -0.25) is 5.21 Å². The van der Waals surface area contributed by atoms with Gasteiger partial charge in [0.2, 0.25) is 0 Å². The third kappa shape index (κ3) is 2.48. The molecule has 1 aromatic heterocycles. The number of furan rings is 1. The molecule has 0 aliphatic rings. The van der Waals surface area contributed by atoms with Gasteiger partial charge in [0, 0.05) is 0 Å². The molecule has 0 radical (unpaired) electrons. The molecule has 1 unspecified atom stereocenters. The molecule has 6 heteroatoms. The second-order valence-corrected chi connectivity index (χ2v) is 2.95. The van der Waals surface area contributed by atoms with Crippen molar-refractivity contribution in [2.45, 2.75) is 19.9 Å². The van der Waals surface area contributed by atoms with Crippen molar-refractivity contribution in [3.8, 4) is 0 Å². The Morgan fingerprint density at radius 3 is 2.79 bits per heavy atom. The minimum absolute atomic E-state index is 0.490. The van der Waals surface area contributed by atoms with Crippen molar-refractivity contribution in [1.29, 1.82) is 0 Å².